The predicted molar refractivity (Wildman–Crippen MR) is 46.7 cm³/mol. The van der Waals surface area contributed by atoms with Crippen LogP contribution >= 0.6 is 24.0 Å². The quantitative estimate of drug-likeness (QED) is 0.620. The SMILES string of the molecule is CC1(C)CCNC1.I. The Kier molecular flexibility index (Phi) is 3.27. The first-order valence-corrected chi connectivity index (χ1v) is 2.91. The Labute approximate surface area is 68.3 Å². The van der Waals surface area contributed by atoms with E-state index in [-0.39, 0.29) is 24.0 Å². The van der Waals surface area contributed by atoms with Crippen LogP contribution in [0.1, 0.15) is 20.3 Å². The molecule has 1 nitrogen and oxygen atoms in total. The van der Waals surface area contributed by atoms with Crippen LogP contribution in [0.3, 0.4) is 0 Å². The van der Waals surface area contributed by atoms with Crippen molar-refractivity contribution in [1.29, 1.82) is 0 Å². The maximum absolute atomic E-state index is 3.31. The summed E-state index contributed by atoms with van der Waals surface area (Å²) >= 11 is 0. The van der Waals surface area contributed by atoms with Gasteiger partial charge in [-0.1, -0.05) is 13.8 Å². The average Bonchev–Trinajstić information content (AvgIpc) is 1.84. The maximum atomic E-state index is 3.31. The van der Waals surface area contributed by atoms with Gasteiger partial charge >= 0.3 is 0 Å². The topological polar surface area (TPSA) is 12.0 Å². The van der Waals surface area contributed by atoms with E-state index >= 15 is 0 Å². The molecule has 50 valence electrons. The van der Waals surface area contributed by atoms with Gasteiger partial charge < -0.3 is 5.32 Å². The van der Waals surface area contributed by atoms with E-state index in [2.05, 4.69) is 19.2 Å². The van der Waals surface area contributed by atoms with Crippen molar-refractivity contribution >= 4 is 24.0 Å². The van der Waals surface area contributed by atoms with Crippen LogP contribution in [0, 0.1) is 5.41 Å². The standard InChI is InChI=1S/C6H13N.HI/c1-6(2)3-4-7-5-6;/h7H,3-5H2,1-2H3;1H. The molecule has 0 aromatic heterocycles. The lowest BCUT2D eigenvalue weighted by Crippen LogP contribution is -2.15. The molecular formula is C6H14IN. The Bertz CT molecular complexity index is 62.9. The van der Waals surface area contributed by atoms with Crippen LogP contribution in [0.15, 0.2) is 0 Å². The van der Waals surface area contributed by atoms with Crippen LogP contribution in [0.5, 0.6) is 0 Å². The van der Waals surface area contributed by atoms with Crippen LogP contribution in [0.4, 0.5) is 0 Å². The molecule has 0 spiro atoms. The van der Waals surface area contributed by atoms with Crippen molar-refractivity contribution in [3.8, 4) is 0 Å². The average molecular weight is 227 g/mol. The first-order chi connectivity index (χ1) is 3.21. The van der Waals surface area contributed by atoms with Crippen molar-refractivity contribution in [3.05, 3.63) is 0 Å². The van der Waals surface area contributed by atoms with Crippen molar-refractivity contribution in [2.45, 2.75) is 20.3 Å². The van der Waals surface area contributed by atoms with E-state index in [1.165, 1.54) is 19.5 Å². The second-order valence-corrected chi connectivity index (χ2v) is 3.09. The molecule has 0 atom stereocenters. The summed E-state index contributed by atoms with van der Waals surface area (Å²) in [6.45, 7) is 7.01. The lowest BCUT2D eigenvalue weighted by molar-refractivity contribution is 0.413. The molecule has 0 bridgehead atoms. The summed E-state index contributed by atoms with van der Waals surface area (Å²) in [4.78, 5) is 0. The Morgan fingerprint density at radius 1 is 1.38 bits per heavy atom. The number of nitrogens with one attached hydrogen (secondary N) is 1. The van der Waals surface area contributed by atoms with E-state index in [1.807, 2.05) is 0 Å². The lowest BCUT2D eigenvalue weighted by atomic mass is 9.93. The first kappa shape index (κ1) is 8.69. The van der Waals surface area contributed by atoms with Crippen molar-refractivity contribution in [1.82, 2.24) is 5.32 Å². The summed E-state index contributed by atoms with van der Waals surface area (Å²) in [5.74, 6) is 0. The highest BCUT2D eigenvalue weighted by Gasteiger charge is 2.21. The minimum Gasteiger partial charge on any atom is -0.316 e. The van der Waals surface area contributed by atoms with Gasteiger partial charge in [-0.05, 0) is 18.4 Å². The number of hydrogen-bond donors (Lipinski definition) is 1. The highest BCUT2D eigenvalue weighted by Crippen LogP contribution is 2.21. The molecule has 1 heterocycles. The molecule has 0 radical (unpaired) electrons. The van der Waals surface area contributed by atoms with Gasteiger partial charge in [0.25, 0.3) is 0 Å². The van der Waals surface area contributed by atoms with Crippen molar-refractivity contribution < 1.29 is 0 Å². The van der Waals surface area contributed by atoms with Crippen molar-refractivity contribution in [3.63, 3.8) is 0 Å². The molecule has 1 fully saturated rings. The van der Waals surface area contributed by atoms with Crippen LogP contribution < -0.4 is 5.32 Å². The fourth-order valence-electron chi connectivity index (χ4n) is 0.942. The molecule has 1 rings (SSSR count). The molecular weight excluding hydrogens is 213 g/mol. The predicted octanol–water partition coefficient (Wildman–Crippen LogP) is 1.62. The Hall–Kier alpha value is 0.690. The Morgan fingerprint density at radius 3 is 2.12 bits per heavy atom. The molecule has 0 aromatic rings. The molecule has 0 amide bonds. The third-order valence-electron chi connectivity index (χ3n) is 1.58. The van der Waals surface area contributed by atoms with E-state index in [9.17, 15) is 0 Å². The molecule has 0 saturated carbocycles. The van der Waals surface area contributed by atoms with E-state index in [4.69, 9.17) is 0 Å². The van der Waals surface area contributed by atoms with Crippen molar-refractivity contribution in [2.24, 2.45) is 5.41 Å². The number of rotatable bonds is 0. The van der Waals surface area contributed by atoms with E-state index in [1.54, 1.807) is 0 Å². The monoisotopic (exact) mass is 227 g/mol. The fourth-order valence-corrected chi connectivity index (χ4v) is 0.942. The van der Waals surface area contributed by atoms with E-state index in [0.717, 1.165) is 0 Å². The molecule has 0 unspecified atom stereocenters. The van der Waals surface area contributed by atoms with Gasteiger partial charge in [-0.15, -0.1) is 24.0 Å². The van der Waals surface area contributed by atoms with E-state index < -0.39 is 0 Å². The van der Waals surface area contributed by atoms with Gasteiger partial charge in [0, 0.05) is 6.54 Å². The van der Waals surface area contributed by atoms with Gasteiger partial charge in [-0.2, -0.15) is 0 Å². The van der Waals surface area contributed by atoms with Crippen LogP contribution in [0.2, 0.25) is 0 Å². The van der Waals surface area contributed by atoms with Crippen LogP contribution in [0.25, 0.3) is 0 Å². The zero-order valence-corrected chi connectivity index (χ0v) is 7.86. The van der Waals surface area contributed by atoms with Gasteiger partial charge in [-0.25, -0.2) is 0 Å². The second kappa shape index (κ2) is 3.01. The largest absolute Gasteiger partial charge is 0.316 e. The third-order valence-corrected chi connectivity index (χ3v) is 1.58. The minimum atomic E-state index is 0. The van der Waals surface area contributed by atoms with Gasteiger partial charge in [0.15, 0.2) is 0 Å². The summed E-state index contributed by atoms with van der Waals surface area (Å²) in [5, 5.41) is 3.31. The first-order valence-electron chi connectivity index (χ1n) is 2.91. The normalized spacial score (nSPS) is 24.8. The zero-order chi connectivity index (χ0) is 5.33. The van der Waals surface area contributed by atoms with Gasteiger partial charge in [0.05, 0.1) is 0 Å². The Balaban J connectivity index is 0.000000490. The molecule has 1 aliphatic rings. The van der Waals surface area contributed by atoms with Crippen LogP contribution in [-0.4, -0.2) is 13.1 Å². The van der Waals surface area contributed by atoms with Gasteiger partial charge in [0.1, 0.15) is 0 Å². The highest BCUT2D eigenvalue weighted by molar-refractivity contribution is 14.0. The summed E-state index contributed by atoms with van der Waals surface area (Å²) in [6.07, 6.45) is 1.34. The zero-order valence-electron chi connectivity index (χ0n) is 5.53. The maximum Gasteiger partial charge on any atom is 0.000300 e. The molecule has 0 aliphatic carbocycles. The molecule has 1 N–H and O–H groups in total. The molecule has 1 saturated heterocycles. The van der Waals surface area contributed by atoms with Gasteiger partial charge in [0.2, 0.25) is 0 Å². The molecule has 2 heteroatoms. The summed E-state index contributed by atoms with van der Waals surface area (Å²) in [7, 11) is 0. The smallest absolute Gasteiger partial charge is 0.000300 e. The highest BCUT2D eigenvalue weighted by atomic mass is 127. The summed E-state index contributed by atoms with van der Waals surface area (Å²) in [6, 6.07) is 0. The molecule has 1 aliphatic heterocycles. The lowest BCUT2D eigenvalue weighted by Gasteiger charge is -2.12. The minimum absolute atomic E-state index is 0. The molecule has 0 aromatic carbocycles. The third kappa shape index (κ3) is 2.31. The van der Waals surface area contributed by atoms with Crippen molar-refractivity contribution in [2.75, 3.05) is 13.1 Å². The van der Waals surface area contributed by atoms with Crippen LogP contribution in [-0.2, 0) is 0 Å². The fraction of sp³-hybridized carbons (Fsp3) is 1.00. The van der Waals surface area contributed by atoms with Gasteiger partial charge in [-0.3, -0.25) is 0 Å². The van der Waals surface area contributed by atoms with E-state index in [0.29, 0.717) is 5.41 Å². The molecule has 8 heavy (non-hydrogen) atoms. The Morgan fingerprint density at radius 2 is 2.00 bits per heavy atom. The summed E-state index contributed by atoms with van der Waals surface area (Å²) < 4.78 is 0. The number of halogens is 1. The number of hydrogen-bond acceptors (Lipinski definition) is 1. The summed E-state index contributed by atoms with van der Waals surface area (Å²) in [5.41, 5.74) is 0.583. The second-order valence-electron chi connectivity index (χ2n) is 3.09.